The van der Waals surface area contributed by atoms with Crippen molar-refractivity contribution in [3.63, 3.8) is 0 Å². The Balaban J connectivity index is 0.00000288. The Hall–Kier alpha value is -0.853. The van der Waals surface area contributed by atoms with Crippen LogP contribution < -0.4 is 34.2 Å². The van der Waals surface area contributed by atoms with Crippen LogP contribution in [0.2, 0.25) is 5.02 Å². The van der Waals surface area contributed by atoms with Crippen LogP contribution in [-0.2, 0) is 9.05 Å². The van der Waals surface area contributed by atoms with Crippen LogP contribution >= 0.6 is 19.3 Å². The summed E-state index contributed by atoms with van der Waals surface area (Å²) in [7, 11) is 0.507. The van der Waals surface area contributed by atoms with Crippen molar-refractivity contribution in [3.8, 4) is 5.75 Å². The third-order valence-electron chi connectivity index (χ3n) is 3.39. The maximum absolute atomic E-state index is 11.4. The van der Waals surface area contributed by atoms with Crippen molar-refractivity contribution in [2.45, 2.75) is 6.92 Å². The zero-order chi connectivity index (χ0) is 16.9. The number of carbonyl (C=O) groups excluding carboxylic acids is 1. The number of hydrogen-bond donors (Lipinski definition) is 0. The Morgan fingerprint density at radius 2 is 1.83 bits per heavy atom. The van der Waals surface area contributed by atoms with E-state index in [-0.39, 0.29) is 20.3 Å². The van der Waals surface area contributed by atoms with Crippen LogP contribution in [0.4, 0.5) is 0 Å². The zero-order valence-corrected chi connectivity index (χ0v) is 15.9. The Labute approximate surface area is 161 Å². The minimum absolute atomic E-state index is 0. The number of hydrogen-bond acceptors (Lipinski definition) is 4. The molecule has 0 aliphatic carbocycles. The average Bonchev–Trinajstić information content (AvgIpc) is 2.59. The normalized spacial score (nSPS) is 12.8. The van der Waals surface area contributed by atoms with Gasteiger partial charge >= 0.3 is 26.6 Å². The summed E-state index contributed by atoms with van der Waals surface area (Å²) in [5.41, 5.74) is 0.368. The second-order valence-corrected chi connectivity index (χ2v) is 7.82. The molecule has 0 bridgehead atoms. The first-order valence-corrected chi connectivity index (χ1v) is 9.11. The fourth-order valence-corrected chi connectivity index (χ4v) is 5.48. The summed E-state index contributed by atoms with van der Waals surface area (Å²) in [6, 6.07) is 13.1. The van der Waals surface area contributed by atoms with Gasteiger partial charge < -0.3 is 6.16 Å². The number of halogens is 1. The number of ether oxygens (including phenoxy) is 1. The molecule has 7 heteroatoms. The van der Waals surface area contributed by atoms with Gasteiger partial charge in [-0.3, -0.25) is 4.79 Å². The maximum Gasteiger partial charge on any atom is 1.00 e. The minimum Gasteiger partial charge on any atom is -1.00 e. The van der Waals surface area contributed by atoms with E-state index in [1.165, 1.54) is 7.11 Å². The fraction of sp³-hybridized carbons (Fsp3) is 0.235. The second kappa shape index (κ2) is 9.58. The summed E-state index contributed by atoms with van der Waals surface area (Å²) in [6.45, 7) is 2.37. The first kappa shape index (κ1) is 21.2. The first-order chi connectivity index (χ1) is 11.1. The molecule has 1 atom stereocenters. The van der Waals surface area contributed by atoms with Crippen LogP contribution in [0.1, 0.15) is 18.7 Å². The Morgan fingerprint density at radius 3 is 2.33 bits per heavy atom. The molecule has 0 aliphatic heterocycles. The molecule has 0 aliphatic rings. The van der Waals surface area contributed by atoms with Crippen molar-refractivity contribution in [3.05, 3.63) is 53.1 Å². The smallest absolute Gasteiger partial charge is 1.00 e. The summed E-state index contributed by atoms with van der Waals surface area (Å²) in [5.74, 6) is 0.351. The van der Waals surface area contributed by atoms with Gasteiger partial charge in [0.2, 0.25) is 0 Å². The maximum atomic E-state index is 11.4. The van der Waals surface area contributed by atoms with Gasteiger partial charge in [-0.1, -0.05) is 29.8 Å². The molecule has 0 saturated heterocycles. The largest absolute Gasteiger partial charge is 1.00 e. The van der Waals surface area contributed by atoms with Gasteiger partial charge in [0.1, 0.15) is 5.75 Å². The van der Waals surface area contributed by atoms with Crippen LogP contribution in [0.3, 0.4) is 0 Å². The second-order valence-electron chi connectivity index (χ2n) is 4.66. The van der Waals surface area contributed by atoms with Crippen molar-refractivity contribution in [2.75, 3.05) is 20.8 Å². The van der Waals surface area contributed by atoms with E-state index in [1.54, 1.807) is 19.2 Å². The van der Waals surface area contributed by atoms with Crippen molar-refractivity contribution in [1.82, 2.24) is 0 Å². The molecule has 0 radical (unpaired) electrons. The standard InChI is InChI=1S/C17H19ClO4P.Li.H/c1-4-22-23(21-3,14-8-6-5-7-9-14)15-10-13(12-19)17(20-2)16(18)11-15;;/h5-12H,4H2,1-3H3;;/q2*+1;-1. The van der Waals surface area contributed by atoms with E-state index in [0.29, 0.717) is 22.9 Å². The van der Waals surface area contributed by atoms with E-state index in [9.17, 15) is 4.79 Å². The summed E-state index contributed by atoms with van der Waals surface area (Å²) in [5, 5.41) is 2.01. The molecule has 0 aromatic heterocycles. The summed E-state index contributed by atoms with van der Waals surface area (Å²) >= 11 is 6.29. The number of carbonyl (C=O) groups is 1. The molecule has 0 spiro atoms. The zero-order valence-electron chi connectivity index (χ0n) is 15.3. The molecule has 124 valence electrons. The van der Waals surface area contributed by atoms with E-state index in [1.807, 2.05) is 37.3 Å². The first-order valence-electron chi connectivity index (χ1n) is 7.11. The number of methoxy groups -OCH3 is 1. The average molecular weight is 362 g/mol. The van der Waals surface area contributed by atoms with Crippen LogP contribution in [0.25, 0.3) is 0 Å². The fourth-order valence-electron chi connectivity index (χ4n) is 2.44. The van der Waals surface area contributed by atoms with Crippen LogP contribution in [0.5, 0.6) is 5.75 Å². The van der Waals surface area contributed by atoms with Crippen molar-refractivity contribution in [2.24, 2.45) is 0 Å². The number of aldehydes is 1. The summed E-state index contributed by atoms with van der Waals surface area (Å²) in [4.78, 5) is 11.4. The van der Waals surface area contributed by atoms with E-state index in [2.05, 4.69) is 0 Å². The third-order valence-corrected chi connectivity index (χ3v) is 6.73. The van der Waals surface area contributed by atoms with Crippen molar-refractivity contribution in [1.29, 1.82) is 0 Å². The van der Waals surface area contributed by atoms with E-state index >= 15 is 0 Å². The molecule has 0 N–H and O–H groups in total. The van der Waals surface area contributed by atoms with Gasteiger partial charge in [0.15, 0.2) is 16.9 Å². The van der Waals surface area contributed by atoms with E-state index in [4.69, 9.17) is 25.4 Å². The minimum atomic E-state index is -2.58. The van der Waals surface area contributed by atoms with Gasteiger partial charge in [-0.2, -0.15) is 9.05 Å². The van der Waals surface area contributed by atoms with Crippen LogP contribution in [0, 0.1) is 0 Å². The van der Waals surface area contributed by atoms with E-state index < -0.39 is 7.72 Å². The molecule has 0 amide bonds. The SMILES string of the molecule is CCO[P+](OC)(c1ccccc1)c1cc(Cl)c(OC)c(C=O)c1.[H-].[Li+]. The van der Waals surface area contributed by atoms with Crippen LogP contribution in [0.15, 0.2) is 42.5 Å². The molecule has 24 heavy (non-hydrogen) atoms. The monoisotopic (exact) mass is 361 g/mol. The molecule has 1 unspecified atom stereocenters. The topological polar surface area (TPSA) is 44.8 Å². The molecular weight excluding hydrogens is 342 g/mol. The molecule has 0 saturated carbocycles. The Morgan fingerprint density at radius 1 is 1.17 bits per heavy atom. The Bertz CT molecular complexity index is 690. The molecule has 2 aromatic carbocycles. The van der Waals surface area contributed by atoms with Gasteiger partial charge in [0, 0.05) is 12.1 Å². The summed E-state index contributed by atoms with van der Waals surface area (Å²) < 4.78 is 17.1. The molecule has 2 rings (SSSR count). The van der Waals surface area contributed by atoms with Crippen LogP contribution in [-0.4, -0.2) is 27.1 Å². The molecule has 0 fully saturated rings. The van der Waals surface area contributed by atoms with Gasteiger partial charge in [-0.15, -0.1) is 0 Å². The van der Waals surface area contributed by atoms with Gasteiger partial charge in [-0.05, 0) is 19.1 Å². The van der Waals surface area contributed by atoms with Gasteiger partial charge in [0.05, 0.1) is 31.4 Å². The third kappa shape index (κ3) is 4.03. The molecule has 4 nitrogen and oxygen atoms in total. The van der Waals surface area contributed by atoms with Gasteiger partial charge in [-0.25, -0.2) is 0 Å². The molecular formula is C17H20ClLiO4P+. The Kier molecular flexibility index (Phi) is 8.46. The number of benzene rings is 2. The van der Waals surface area contributed by atoms with E-state index in [0.717, 1.165) is 16.9 Å². The quantitative estimate of drug-likeness (QED) is 0.415. The van der Waals surface area contributed by atoms with Crippen molar-refractivity contribution >= 4 is 36.2 Å². The molecule has 2 aromatic rings. The predicted molar refractivity (Wildman–Crippen MR) is 95.8 cm³/mol. The number of rotatable bonds is 7. The van der Waals surface area contributed by atoms with Gasteiger partial charge in [0.25, 0.3) is 0 Å². The van der Waals surface area contributed by atoms with Crippen molar-refractivity contribution < 1.29 is 38.9 Å². The molecule has 0 heterocycles. The predicted octanol–water partition coefficient (Wildman–Crippen LogP) is 0.759. The summed E-state index contributed by atoms with van der Waals surface area (Å²) in [6.07, 6.45) is 0.718.